The molecule has 7 nitrogen and oxygen atoms in total. The molecule has 0 amide bonds. The van der Waals surface area contributed by atoms with E-state index in [4.69, 9.17) is 9.47 Å². The summed E-state index contributed by atoms with van der Waals surface area (Å²) in [5, 5.41) is 8.18. The number of aromatic amines is 1. The first-order chi connectivity index (χ1) is 14.5. The number of hydrogen-bond donors (Lipinski definition) is 1. The molecule has 0 aliphatic carbocycles. The Morgan fingerprint density at radius 2 is 1.77 bits per heavy atom. The van der Waals surface area contributed by atoms with Gasteiger partial charge in [-0.3, -0.25) is 14.9 Å². The summed E-state index contributed by atoms with van der Waals surface area (Å²) in [6.45, 7) is 3.89. The minimum absolute atomic E-state index is 0.0462. The summed E-state index contributed by atoms with van der Waals surface area (Å²) in [4.78, 5) is 22.0. The summed E-state index contributed by atoms with van der Waals surface area (Å²) < 4.78 is 10.5. The molecule has 3 aromatic heterocycles. The molecule has 0 unspecified atom stereocenters. The molecule has 0 saturated heterocycles. The second-order valence-electron chi connectivity index (χ2n) is 7.09. The van der Waals surface area contributed by atoms with Gasteiger partial charge in [-0.15, -0.1) is 0 Å². The number of nitrogens with one attached hydrogen (secondary N) is 1. The van der Waals surface area contributed by atoms with Crippen LogP contribution in [0.2, 0.25) is 0 Å². The van der Waals surface area contributed by atoms with Crippen LogP contribution < -0.4 is 9.47 Å². The van der Waals surface area contributed by atoms with Crippen molar-refractivity contribution in [2.45, 2.75) is 20.3 Å². The summed E-state index contributed by atoms with van der Waals surface area (Å²) in [5.41, 5.74) is 5.47. The highest BCUT2D eigenvalue weighted by Gasteiger charge is 2.14. The molecule has 152 valence electrons. The molecule has 0 atom stereocenters. The van der Waals surface area contributed by atoms with Crippen molar-refractivity contribution in [1.82, 2.24) is 20.2 Å². The van der Waals surface area contributed by atoms with Gasteiger partial charge in [0.15, 0.2) is 11.4 Å². The van der Waals surface area contributed by atoms with Crippen molar-refractivity contribution in [2.24, 2.45) is 0 Å². The van der Waals surface area contributed by atoms with Crippen LogP contribution in [0.3, 0.4) is 0 Å². The molecule has 30 heavy (non-hydrogen) atoms. The Kier molecular flexibility index (Phi) is 5.18. The standard InChI is InChI=1S/C23H22N4O3/c1-13-20(21-6-5-19-14(2)26-27-23(19)25-21)7-15(12-24-13)8-22(28)16-9-17(29-3)11-18(10-16)30-4/h5-7,9-12H,8H2,1-4H3,(H,25,26,27). The van der Waals surface area contributed by atoms with Crippen LogP contribution in [0.1, 0.15) is 27.3 Å². The smallest absolute Gasteiger partial charge is 0.181 e. The highest BCUT2D eigenvalue weighted by Crippen LogP contribution is 2.26. The largest absolute Gasteiger partial charge is 0.497 e. The minimum atomic E-state index is -0.0462. The molecule has 1 N–H and O–H groups in total. The lowest BCUT2D eigenvalue weighted by Gasteiger charge is -2.10. The molecule has 1 aromatic carbocycles. The zero-order chi connectivity index (χ0) is 21.3. The molecule has 0 aliphatic heterocycles. The lowest BCUT2D eigenvalue weighted by atomic mass is 10.0. The number of methoxy groups -OCH3 is 2. The SMILES string of the molecule is COc1cc(OC)cc(C(=O)Cc2cnc(C)c(-c3ccc4c(C)[nH]nc4n3)c2)c1. The van der Waals surface area contributed by atoms with E-state index in [0.29, 0.717) is 22.7 Å². The van der Waals surface area contributed by atoms with Gasteiger partial charge in [-0.25, -0.2) is 4.98 Å². The fourth-order valence-corrected chi connectivity index (χ4v) is 3.36. The third-order valence-electron chi connectivity index (χ3n) is 5.07. The number of rotatable bonds is 6. The maximum Gasteiger partial charge on any atom is 0.181 e. The average molecular weight is 402 g/mol. The number of fused-ring (bicyclic) bond motifs is 1. The van der Waals surface area contributed by atoms with Crippen molar-refractivity contribution in [3.05, 3.63) is 65.1 Å². The first-order valence-electron chi connectivity index (χ1n) is 9.52. The maximum atomic E-state index is 12.9. The fraction of sp³-hybridized carbons (Fsp3) is 0.217. The quantitative estimate of drug-likeness (QED) is 0.489. The van der Waals surface area contributed by atoms with Gasteiger partial charge in [-0.2, -0.15) is 5.10 Å². The minimum Gasteiger partial charge on any atom is -0.497 e. The Morgan fingerprint density at radius 3 is 2.47 bits per heavy atom. The number of nitrogens with zero attached hydrogens (tertiary/aromatic N) is 3. The third kappa shape index (κ3) is 3.74. The number of hydrogen-bond acceptors (Lipinski definition) is 6. The molecular formula is C23H22N4O3. The first-order valence-corrected chi connectivity index (χ1v) is 9.52. The number of benzene rings is 1. The number of ether oxygens (including phenoxy) is 2. The van der Waals surface area contributed by atoms with Crippen molar-refractivity contribution in [2.75, 3.05) is 14.2 Å². The maximum absolute atomic E-state index is 12.9. The van der Waals surface area contributed by atoms with Gasteiger partial charge in [0.05, 0.1) is 19.9 Å². The lowest BCUT2D eigenvalue weighted by molar-refractivity contribution is 0.0992. The number of carbonyl (C=O) groups is 1. The van der Waals surface area contributed by atoms with Crippen molar-refractivity contribution in [3.63, 3.8) is 0 Å². The number of Topliss-reactive ketones (excluding diaryl/α,β-unsaturated/α-hetero) is 1. The summed E-state index contributed by atoms with van der Waals surface area (Å²) in [6.07, 6.45) is 1.94. The van der Waals surface area contributed by atoms with E-state index < -0.39 is 0 Å². The van der Waals surface area contributed by atoms with Gasteiger partial charge in [0.2, 0.25) is 0 Å². The van der Waals surface area contributed by atoms with Gasteiger partial charge in [0.1, 0.15) is 11.5 Å². The monoisotopic (exact) mass is 402 g/mol. The second kappa shape index (κ2) is 7.94. The van der Waals surface area contributed by atoms with Crippen LogP contribution in [0.15, 0.2) is 42.6 Å². The van der Waals surface area contributed by atoms with Crippen LogP contribution in [-0.2, 0) is 6.42 Å². The highest BCUT2D eigenvalue weighted by atomic mass is 16.5. The molecule has 4 rings (SSSR count). The van der Waals surface area contributed by atoms with E-state index in [0.717, 1.165) is 33.6 Å². The van der Waals surface area contributed by atoms with Crippen LogP contribution >= 0.6 is 0 Å². The van der Waals surface area contributed by atoms with Gasteiger partial charge in [0, 0.05) is 46.6 Å². The zero-order valence-electron chi connectivity index (χ0n) is 17.3. The van der Waals surface area contributed by atoms with Crippen LogP contribution in [0, 0.1) is 13.8 Å². The van der Waals surface area contributed by atoms with Crippen LogP contribution in [0.4, 0.5) is 0 Å². The third-order valence-corrected chi connectivity index (χ3v) is 5.07. The Labute approximate surface area is 174 Å². The molecule has 7 heteroatoms. The van der Waals surface area contributed by atoms with E-state index in [1.54, 1.807) is 38.6 Å². The van der Waals surface area contributed by atoms with E-state index in [2.05, 4.69) is 20.2 Å². The highest BCUT2D eigenvalue weighted by molar-refractivity contribution is 5.98. The van der Waals surface area contributed by atoms with Crippen molar-refractivity contribution < 1.29 is 14.3 Å². The molecule has 0 bridgehead atoms. The Hall–Kier alpha value is -3.74. The van der Waals surface area contributed by atoms with E-state index in [1.165, 1.54) is 0 Å². The average Bonchev–Trinajstić information content (AvgIpc) is 3.14. The molecule has 0 aliphatic rings. The molecule has 0 radical (unpaired) electrons. The number of carbonyl (C=O) groups excluding carboxylic acids is 1. The van der Waals surface area contributed by atoms with Gasteiger partial charge >= 0.3 is 0 Å². The van der Waals surface area contributed by atoms with Gasteiger partial charge in [0.25, 0.3) is 0 Å². The van der Waals surface area contributed by atoms with Crippen molar-refractivity contribution >= 4 is 16.8 Å². The summed E-state index contributed by atoms with van der Waals surface area (Å²) in [7, 11) is 3.12. The van der Waals surface area contributed by atoms with Gasteiger partial charge in [-0.1, -0.05) is 0 Å². The second-order valence-corrected chi connectivity index (χ2v) is 7.09. The van der Waals surface area contributed by atoms with E-state index in [-0.39, 0.29) is 12.2 Å². The number of pyridine rings is 2. The fourth-order valence-electron chi connectivity index (χ4n) is 3.36. The van der Waals surface area contributed by atoms with Crippen molar-refractivity contribution in [1.29, 1.82) is 0 Å². The van der Waals surface area contributed by atoms with Crippen molar-refractivity contribution in [3.8, 4) is 22.8 Å². The summed E-state index contributed by atoms with van der Waals surface area (Å²) >= 11 is 0. The molecule has 3 heterocycles. The predicted molar refractivity (Wildman–Crippen MR) is 114 cm³/mol. The number of ketones is 1. The number of aromatic nitrogens is 4. The van der Waals surface area contributed by atoms with E-state index in [9.17, 15) is 4.79 Å². The van der Waals surface area contributed by atoms with E-state index >= 15 is 0 Å². The Bertz CT molecular complexity index is 1220. The Balaban J connectivity index is 1.65. The summed E-state index contributed by atoms with van der Waals surface area (Å²) in [5.74, 6) is 1.11. The van der Waals surface area contributed by atoms with Crippen LogP contribution in [-0.4, -0.2) is 40.2 Å². The van der Waals surface area contributed by atoms with Crippen LogP contribution in [0.25, 0.3) is 22.3 Å². The van der Waals surface area contributed by atoms with Crippen LogP contribution in [0.5, 0.6) is 11.5 Å². The molecule has 4 aromatic rings. The predicted octanol–water partition coefficient (Wildman–Crippen LogP) is 4.08. The number of H-pyrrole nitrogens is 1. The van der Waals surface area contributed by atoms with Gasteiger partial charge in [-0.05, 0) is 49.7 Å². The Morgan fingerprint density at radius 1 is 1.03 bits per heavy atom. The van der Waals surface area contributed by atoms with Gasteiger partial charge < -0.3 is 9.47 Å². The normalized spacial score (nSPS) is 10.9. The zero-order valence-corrected chi connectivity index (χ0v) is 17.3. The summed E-state index contributed by atoms with van der Waals surface area (Å²) in [6, 6.07) is 11.1. The molecule has 0 saturated carbocycles. The lowest BCUT2D eigenvalue weighted by Crippen LogP contribution is -2.06. The molecular weight excluding hydrogens is 380 g/mol. The first kappa shape index (κ1) is 19.6. The molecule has 0 fully saturated rings. The molecule has 0 spiro atoms. The van der Waals surface area contributed by atoms with E-state index in [1.807, 2.05) is 32.0 Å². The topological polar surface area (TPSA) is 90.0 Å². The number of aryl methyl sites for hydroxylation is 2.